The van der Waals surface area contributed by atoms with Crippen LogP contribution in [-0.4, -0.2) is 55.0 Å². The normalized spacial score (nSPS) is 9.88. The standard InChI is InChI=1S/C2HF3O2.Ca/c3-2(4,5)1(6)7;/h(H,6,7);. The molecule has 0 unspecified atom stereocenters. The summed E-state index contributed by atoms with van der Waals surface area (Å²) in [4.78, 5) is 8.90. The number of halogens is 3. The number of carbonyl (C=O) groups is 1. The summed E-state index contributed by atoms with van der Waals surface area (Å²) in [5, 5.41) is 7.12. The summed E-state index contributed by atoms with van der Waals surface area (Å²) in [6.07, 6.45) is -5.08. The Morgan fingerprint density at radius 1 is 1.38 bits per heavy atom. The van der Waals surface area contributed by atoms with Crippen LogP contribution in [0.3, 0.4) is 0 Å². The first kappa shape index (κ1) is 11.3. The average molecular weight is 154 g/mol. The van der Waals surface area contributed by atoms with Gasteiger partial charge in [-0.3, -0.25) is 0 Å². The van der Waals surface area contributed by atoms with Crippen molar-refractivity contribution in [3.8, 4) is 0 Å². The Bertz CT molecular complexity index is 87.8. The Kier molecular flexibility index (Phi) is 5.00. The van der Waals surface area contributed by atoms with Gasteiger partial charge in [-0.05, 0) is 0 Å². The molecule has 2 nitrogen and oxygen atoms in total. The molecule has 2 radical (unpaired) electrons. The quantitative estimate of drug-likeness (QED) is 0.508. The summed E-state index contributed by atoms with van der Waals surface area (Å²) < 4.78 is 31.7. The maximum atomic E-state index is 10.6. The second kappa shape index (κ2) is 3.53. The van der Waals surface area contributed by atoms with Gasteiger partial charge in [0.25, 0.3) is 0 Å². The Labute approximate surface area is 72.7 Å². The zero-order valence-corrected chi connectivity index (χ0v) is 5.90. The molecule has 1 N–H and O–H groups in total. The molecule has 0 saturated heterocycles. The van der Waals surface area contributed by atoms with Gasteiger partial charge in [-0.1, -0.05) is 0 Å². The SMILES string of the molecule is O=C(O)C(F)(F)F.[Ca]. The molecule has 0 fully saturated rings. The molecule has 6 heteroatoms. The molecule has 0 saturated carbocycles. The topological polar surface area (TPSA) is 37.3 Å². The van der Waals surface area contributed by atoms with E-state index < -0.39 is 12.1 Å². The molecule has 0 aromatic carbocycles. The van der Waals surface area contributed by atoms with Crippen LogP contribution in [0.5, 0.6) is 0 Å². The van der Waals surface area contributed by atoms with Crippen LogP contribution in [0.15, 0.2) is 0 Å². The van der Waals surface area contributed by atoms with Gasteiger partial charge in [0.2, 0.25) is 0 Å². The molecular weight excluding hydrogens is 153 g/mol. The van der Waals surface area contributed by atoms with E-state index in [0.717, 1.165) is 0 Å². The van der Waals surface area contributed by atoms with Crippen LogP contribution in [0, 0.1) is 0 Å². The smallest absolute Gasteiger partial charge is 0.475 e. The molecule has 0 aliphatic rings. The Morgan fingerprint density at radius 3 is 1.50 bits per heavy atom. The number of aliphatic carboxylic acids is 1. The zero-order chi connectivity index (χ0) is 6.08. The second-order valence-corrected chi connectivity index (χ2v) is 0.803. The summed E-state index contributed by atoms with van der Waals surface area (Å²) in [7, 11) is 0. The monoisotopic (exact) mass is 154 g/mol. The first-order valence-corrected chi connectivity index (χ1v) is 1.24. The van der Waals surface area contributed by atoms with Crippen molar-refractivity contribution in [2.24, 2.45) is 0 Å². The summed E-state index contributed by atoms with van der Waals surface area (Å²) in [6, 6.07) is 0. The minimum absolute atomic E-state index is 0. The maximum Gasteiger partial charge on any atom is 0.490 e. The molecule has 0 amide bonds. The Morgan fingerprint density at radius 2 is 1.50 bits per heavy atom. The molecule has 0 aliphatic heterocycles. The summed E-state index contributed by atoms with van der Waals surface area (Å²) in [6.45, 7) is 0. The predicted octanol–water partition coefficient (Wildman–Crippen LogP) is 0.253. The van der Waals surface area contributed by atoms with Crippen LogP contribution in [-0.2, 0) is 4.79 Å². The third-order valence-electron chi connectivity index (χ3n) is 0.243. The predicted molar refractivity (Wildman–Crippen MR) is 19.4 cm³/mol. The number of alkyl halides is 3. The van der Waals surface area contributed by atoms with Crippen molar-refractivity contribution in [1.29, 1.82) is 0 Å². The summed E-state index contributed by atoms with van der Waals surface area (Å²) >= 11 is 0. The van der Waals surface area contributed by atoms with Gasteiger partial charge >= 0.3 is 12.1 Å². The minimum Gasteiger partial charge on any atom is -0.475 e. The molecule has 0 aromatic rings. The van der Waals surface area contributed by atoms with Gasteiger partial charge in [-0.15, -0.1) is 0 Å². The van der Waals surface area contributed by atoms with Crippen LogP contribution < -0.4 is 0 Å². The number of rotatable bonds is 0. The van der Waals surface area contributed by atoms with Gasteiger partial charge in [0.05, 0.1) is 0 Å². The zero-order valence-electron chi connectivity index (χ0n) is 3.70. The number of carboxylic acids is 1. The van der Waals surface area contributed by atoms with Crippen molar-refractivity contribution in [2.75, 3.05) is 0 Å². The van der Waals surface area contributed by atoms with E-state index in [-0.39, 0.29) is 37.7 Å². The number of hydrogen-bond acceptors (Lipinski definition) is 1. The first-order valence-electron chi connectivity index (χ1n) is 1.24. The van der Waals surface area contributed by atoms with Crippen LogP contribution in [0.1, 0.15) is 0 Å². The number of hydrogen-bond donors (Lipinski definition) is 1. The molecule has 0 atom stereocenters. The van der Waals surface area contributed by atoms with E-state index in [1.54, 1.807) is 0 Å². The minimum atomic E-state index is -5.08. The molecular formula is C2HCaF3O2. The van der Waals surface area contributed by atoms with Gasteiger partial charge in [0.1, 0.15) is 0 Å². The van der Waals surface area contributed by atoms with Crippen LogP contribution in [0.4, 0.5) is 13.2 Å². The fraction of sp³-hybridized carbons (Fsp3) is 0.500. The molecule has 0 rings (SSSR count). The number of carboxylic acid groups (broad SMARTS) is 1. The van der Waals surface area contributed by atoms with Crippen LogP contribution >= 0.6 is 0 Å². The van der Waals surface area contributed by atoms with Crippen molar-refractivity contribution in [1.82, 2.24) is 0 Å². The van der Waals surface area contributed by atoms with Crippen LogP contribution in [0.25, 0.3) is 0 Å². The maximum absolute atomic E-state index is 10.6. The largest absolute Gasteiger partial charge is 0.490 e. The van der Waals surface area contributed by atoms with Gasteiger partial charge < -0.3 is 5.11 Å². The molecule has 0 spiro atoms. The van der Waals surface area contributed by atoms with Crippen molar-refractivity contribution < 1.29 is 23.1 Å². The fourth-order valence-corrected chi connectivity index (χ4v) is 0. The van der Waals surface area contributed by atoms with Crippen LogP contribution in [0.2, 0.25) is 0 Å². The fourth-order valence-electron chi connectivity index (χ4n) is 0. The van der Waals surface area contributed by atoms with Gasteiger partial charge in [-0.25, -0.2) is 4.79 Å². The molecule has 0 aromatic heterocycles. The second-order valence-electron chi connectivity index (χ2n) is 0.803. The van der Waals surface area contributed by atoms with Crippen molar-refractivity contribution in [3.05, 3.63) is 0 Å². The van der Waals surface area contributed by atoms with Gasteiger partial charge in [-0.2, -0.15) is 13.2 Å². The van der Waals surface area contributed by atoms with E-state index in [4.69, 9.17) is 9.90 Å². The summed E-state index contributed by atoms with van der Waals surface area (Å²) in [5.41, 5.74) is 0. The van der Waals surface area contributed by atoms with Gasteiger partial charge in [0.15, 0.2) is 0 Å². The van der Waals surface area contributed by atoms with E-state index in [9.17, 15) is 13.2 Å². The molecule has 44 valence electrons. The van der Waals surface area contributed by atoms with Crippen molar-refractivity contribution >= 4 is 43.7 Å². The molecule has 0 aliphatic carbocycles. The molecule has 0 heterocycles. The van der Waals surface area contributed by atoms with E-state index in [0.29, 0.717) is 0 Å². The third kappa shape index (κ3) is 4.67. The first-order chi connectivity index (χ1) is 2.94. The van der Waals surface area contributed by atoms with E-state index >= 15 is 0 Å². The molecule has 8 heavy (non-hydrogen) atoms. The van der Waals surface area contributed by atoms with Crippen molar-refractivity contribution in [2.45, 2.75) is 6.18 Å². The Balaban J connectivity index is 0. The average Bonchev–Trinajstić information content (AvgIpc) is 1.31. The van der Waals surface area contributed by atoms with E-state index in [1.807, 2.05) is 0 Å². The van der Waals surface area contributed by atoms with Gasteiger partial charge in [0, 0.05) is 37.7 Å². The third-order valence-corrected chi connectivity index (χ3v) is 0.243. The van der Waals surface area contributed by atoms with Crippen molar-refractivity contribution in [3.63, 3.8) is 0 Å². The van der Waals surface area contributed by atoms with E-state index in [2.05, 4.69) is 0 Å². The molecule has 0 bridgehead atoms. The Hall–Kier alpha value is 0.520. The summed E-state index contributed by atoms with van der Waals surface area (Å²) in [5.74, 6) is -2.76. The van der Waals surface area contributed by atoms with E-state index in [1.165, 1.54) is 0 Å².